The molecule has 24 heavy (non-hydrogen) atoms. The number of ether oxygens (including phenoxy) is 2. The molecular weight excluding hydrogens is 352 g/mol. The lowest BCUT2D eigenvalue weighted by Crippen LogP contribution is -2.18. The molecule has 0 unspecified atom stereocenters. The van der Waals surface area contributed by atoms with Crippen molar-refractivity contribution in [3.63, 3.8) is 0 Å². The van der Waals surface area contributed by atoms with Crippen LogP contribution in [0.3, 0.4) is 0 Å². The van der Waals surface area contributed by atoms with Gasteiger partial charge in [0.05, 0.1) is 23.3 Å². The van der Waals surface area contributed by atoms with Crippen LogP contribution in [0.5, 0.6) is 11.5 Å². The van der Waals surface area contributed by atoms with Crippen molar-refractivity contribution in [3.05, 3.63) is 45.7 Å². The van der Waals surface area contributed by atoms with Gasteiger partial charge in [-0.2, -0.15) is 0 Å². The molecular formula is C18H18Cl2FNO2. The maximum Gasteiger partial charge on any atom is 0.169 e. The summed E-state index contributed by atoms with van der Waals surface area (Å²) in [5, 5.41) is 0.463. The Labute approximate surface area is 150 Å². The average molecular weight is 370 g/mol. The highest BCUT2D eigenvalue weighted by atomic mass is 35.5. The molecule has 1 atom stereocenters. The zero-order chi connectivity index (χ0) is 17.3. The van der Waals surface area contributed by atoms with Crippen LogP contribution in [0.25, 0.3) is 11.1 Å². The normalized spacial score (nSPS) is 15.0. The van der Waals surface area contributed by atoms with E-state index in [2.05, 4.69) is 0 Å². The first kappa shape index (κ1) is 17.3. The van der Waals surface area contributed by atoms with Crippen LogP contribution in [-0.2, 0) is 6.42 Å². The fourth-order valence-electron chi connectivity index (χ4n) is 2.82. The maximum absolute atomic E-state index is 13.5. The van der Waals surface area contributed by atoms with E-state index in [1.807, 2.05) is 19.1 Å². The molecule has 0 saturated heterocycles. The minimum Gasteiger partial charge on any atom is -0.489 e. The average Bonchev–Trinajstić information content (AvgIpc) is 2.74. The van der Waals surface area contributed by atoms with Crippen molar-refractivity contribution >= 4 is 23.2 Å². The lowest BCUT2D eigenvalue weighted by atomic mass is 9.98. The largest absolute Gasteiger partial charge is 0.489 e. The highest BCUT2D eigenvalue weighted by Gasteiger charge is 2.23. The third-order valence-electron chi connectivity index (χ3n) is 3.79. The van der Waals surface area contributed by atoms with Crippen molar-refractivity contribution < 1.29 is 13.9 Å². The summed E-state index contributed by atoms with van der Waals surface area (Å²) in [5.41, 5.74) is 8.13. The molecule has 0 aliphatic carbocycles. The molecule has 3 rings (SSSR count). The van der Waals surface area contributed by atoms with Gasteiger partial charge >= 0.3 is 0 Å². The molecule has 128 valence electrons. The number of benzene rings is 2. The fourth-order valence-corrected chi connectivity index (χ4v) is 3.48. The van der Waals surface area contributed by atoms with Crippen LogP contribution < -0.4 is 15.2 Å². The van der Waals surface area contributed by atoms with Crippen molar-refractivity contribution in [2.24, 2.45) is 5.73 Å². The minimum absolute atomic E-state index is 0.00944. The lowest BCUT2D eigenvalue weighted by molar-refractivity contribution is 0.296. The Hall–Kier alpha value is -1.49. The second-order valence-corrected chi connectivity index (χ2v) is 6.72. The number of fused-ring (bicyclic) bond motifs is 1. The van der Waals surface area contributed by atoms with Crippen LogP contribution >= 0.6 is 23.2 Å². The molecule has 2 N–H and O–H groups in total. The van der Waals surface area contributed by atoms with Gasteiger partial charge in [0.15, 0.2) is 11.5 Å². The van der Waals surface area contributed by atoms with Gasteiger partial charge in [-0.25, -0.2) is 4.39 Å². The molecule has 0 amide bonds. The summed E-state index contributed by atoms with van der Waals surface area (Å²) in [6.07, 6.45) is 1.44. The van der Waals surface area contributed by atoms with Crippen LogP contribution in [0.15, 0.2) is 24.3 Å². The summed E-state index contributed by atoms with van der Waals surface area (Å²) in [6, 6.07) is 6.27. The third kappa shape index (κ3) is 3.46. The van der Waals surface area contributed by atoms with Crippen LogP contribution in [0.2, 0.25) is 10.0 Å². The minimum atomic E-state index is -0.481. The van der Waals surface area contributed by atoms with Crippen molar-refractivity contribution in [1.82, 2.24) is 0 Å². The summed E-state index contributed by atoms with van der Waals surface area (Å²) in [6.45, 7) is 3.02. The van der Waals surface area contributed by atoms with E-state index in [1.165, 1.54) is 12.1 Å². The van der Waals surface area contributed by atoms with E-state index >= 15 is 0 Å². The molecule has 1 aliphatic rings. The number of rotatable bonds is 3. The third-order valence-corrected chi connectivity index (χ3v) is 4.39. The molecule has 0 bridgehead atoms. The number of hydrogen-bond donors (Lipinski definition) is 1. The first-order chi connectivity index (χ1) is 11.5. The van der Waals surface area contributed by atoms with Crippen molar-refractivity contribution in [2.75, 3.05) is 13.2 Å². The molecule has 2 aromatic carbocycles. The van der Waals surface area contributed by atoms with Crippen molar-refractivity contribution in [2.45, 2.75) is 25.8 Å². The Kier molecular flexibility index (Phi) is 5.18. The van der Waals surface area contributed by atoms with Gasteiger partial charge in [0.1, 0.15) is 5.82 Å². The predicted molar refractivity (Wildman–Crippen MR) is 94.8 cm³/mol. The molecule has 0 saturated carbocycles. The SMILES string of the molecule is C[C@H](N)Cc1ccc(-c2c(Cl)cc(F)cc2Cl)c2c1OCCCO2. The van der Waals surface area contributed by atoms with Gasteiger partial charge in [-0.3, -0.25) is 0 Å². The van der Waals surface area contributed by atoms with Gasteiger partial charge in [-0.05, 0) is 37.1 Å². The molecule has 6 heteroatoms. The molecule has 3 nitrogen and oxygen atoms in total. The van der Waals surface area contributed by atoms with Gasteiger partial charge in [0.2, 0.25) is 0 Å². The highest BCUT2D eigenvalue weighted by Crippen LogP contribution is 2.46. The van der Waals surface area contributed by atoms with E-state index in [9.17, 15) is 4.39 Å². The van der Waals surface area contributed by atoms with Gasteiger partial charge < -0.3 is 15.2 Å². The van der Waals surface area contributed by atoms with Gasteiger partial charge in [0.25, 0.3) is 0 Å². The molecule has 2 aromatic rings. The zero-order valence-electron chi connectivity index (χ0n) is 13.2. The first-order valence-electron chi connectivity index (χ1n) is 7.79. The first-order valence-corrected chi connectivity index (χ1v) is 8.55. The topological polar surface area (TPSA) is 44.5 Å². The van der Waals surface area contributed by atoms with Crippen LogP contribution in [0.1, 0.15) is 18.9 Å². The molecule has 0 aromatic heterocycles. The number of nitrogens with two attached hydrogens (primary N) is 1. The van der Waals surface area contributed by atoms with E-state index in [4.69, 9.17) is 38.4 Å². The van der Waals surface area contributed by atoms with Crippen molar-refractivity contribution in [1.29, 1.82) is 0 Å². The van der Waals surface area contributed by atoms with Gasteiger partial charge in [0, 0.05) is 23.6 Å². The Morgan fingerprint density at radius 1 is 1.12 bits per heavy atom. The van der Waals surface area contributed by atoms with Gasteiger partial charge in [-0.15, -0.1) is 0 Å². The number of hydrogen-bond acceptors (Lipinski definition) is 3. The lowest BCUT2D eigenvalue weighted by Gasteiger charge is -2.19. The van der Waals surface area contributed by atoms with Crippen molar-refractivity contribution in [3.8, 4) is 22.6 Å². The molecule has 0 fully saturated rings. The monoisotopic (exact) mass is 369 g/mol. The quantitative estimate of drug-likeness (QED) is 0.840. The summed E-state index contributed by atoms with van der Waals surface area (Å²) >= 11 is 12.5. The Morgan fingerprint density at radius 3 is 2.38 bits per heavy atom. The molecule has 0 spiro atoms. The Morgan fingerprint density at radius 2 is 1.75 bits per heavy atom. The van der Waals surface area contributed by atoms with E-state index in [0.29, 0.717) is 42.3 Å². The van der Waals surface area contributed by atoms with E-state index < -0.39 is 5.82 Å². The van der Waals surface area contributed by atoms with Gasteiger partial charge in [-0.1, -0.05) is 29.3 Å². The Balaban J connectivity index is 2.19. The molecule has 1 heterocycles. The summed E-state index contributed by atoms with van der Waals surface area (Å²) in [5.74, 6) is 0.769. The standard InChI is InChI=1S/C18H18Cl2FNO2/c1-10(22)7-11-3-4-13(18-17(11)23-5-2-6-24-18)16-14(19)8-12(21)9-15(16)20/h3-4,8-10H,2,5-7,22H2,1H3/t10-/m0/s1. The number of halogens is 3. The molecule has 1 aliphatic heterocycles. The second-order valence-electron chi connectivity index (χ2n) is 5.91. The summed E-state index contributed by atoms with van der Waals surface area (Å²) in [4.78, 5) is 0. The Bertz CT molecular complexity index is 742. The second kappa shape index (κ2) is 7.18. The predicted octanol–water partition coefficient (Wildman–Crippen LogP) is 4.85. The summed E-state index contributed by atoms with van der Waals surface area (Å²) < 4.78 is 25.3. The van der Waals surface area contributed by atoms with Crippen LogP contribution in [0.4, 0.5) is 4.39 Å². The van der Waals surface area contributed by atoms with E-state index in [-0.39, 0.29) is 16.1 Å². The smallest absolute Gasteiger partial charge is 0.169 e. The van der Waals surface area contributed by atoms with Crippen LogP contribution in [0, 0.1) is 5.82 Å². The fraction of sp³-hybridized carbons (Fsp3) is 0.333. The zero-order valence-corrected chi connectivity index (χ0v) is 14.8. The maximum atomic E-state index is 13.5. The van der Waals surface area contributed by atoms with E-state index in [1.54, 1.807) is 0 Å². The van der Waals surface area contributed by atoms with E-state index in [0.717, 1.165) is 12.0 Å². The highest BCUT2D eigenvalue weighted by molar-refractivity contribution is 6.39. The summed E-state index contributed by atoms with van der Waals surface area (Å²) in [7, 11) is 0. The van der Waals surface area contributed by atoms with Crippen LogP contribution in [-0.4, -0.2) is 19.3 Å². The molecule has 0 radical (unpaired) electrons.